The number of thioether (sulfide) groups is 1. The van der Waals surface area contributed by atoms with Crippen LogP contribution in [0.25, 0.3) is 10.9 Å². The molecule has 1 aromatic heterocycles. The number of thiocarbonyl (C=S) groups is 1. The Hall–Kier alpha value is -1.44. The van der Waals surface area contributed by atoms with Crippen molar-refractivity contribution in [3.63, 3.8) is 0 Å². The van der Waals surface area contributed by atoms with E-state index < -0.39 is 0 Å². The van der Waals surface area contributed by atoms with Gasteiger partial charge in [0.2, 0.25) is 0 Å². The summed E-state index contributed by atoms with van der Waals surface area (Å²) in [5, 5.41) is 3.86. The standard InChI is InChI=1S/C16H19N3O2S2/c1-10-18-14-5-4-11(7-13(14)15(20)19-10)9-23-16(22)17-8-12-3-2-6-21-12/h4-5,7,12H,2-3,6,8-9H2,1H3,(H,17,22)(H,18,19,20). The highest BCUT2D eigenvalue weighted by Crippen LogP contribution is 2.17. The molecule has 1 fully saturated rings. The summed E-state index contributed by atoms with van der Waals surface area (Å²) in [6.07, 6.45) is 2.51. The third-order valence-corrected chi connectivity index (χ3v) is 5.14. The number of H-pyrrole nitrogens is 1. The van der Waals surface area contributed by atoms with E-state index in [2.05, 4.69) is 15.3 Å². The van der Waals surface area contributed by atoms with E-state index in [1.165, 1.54) is 0 Å². The number of rotatable bonds is 4. The third kappa shape index (κ3) is 4.31. The van der Waals surface area contributed by atoms with Crippen LogP contribution in [0.4, 0.5) is 0 Å². The first kappa shape index (κ1) is 16.4. The Labute approximate surface area is 144 Å². The molecule has 1 atom stereocenters. The Balaban J connectivity index is 1.58. The molecular weight excluding hydrogens is 330 g/mol. The third-order valence-electron chi connectivity index (χ3n) is 3.76. The molecule has 0 saturated carbocycles. The highest BCUT2D eigenvalue weighted by Gasteiger charge is 2.15. The lowest BCUT2D eigenvalue weighted by Gasteiger charge is -2.12. The quantitative estimate of drug-likeness (QED) is 0.827. The first-order chi connectivity index (χ1) is 11.1. The van der Waals surface area contributed by atoms with Crippen molar-refractivity contribution in [2.24, 2.45) is 0 Å². The lowest BCUT2D eigenvalue weighted by molar-refractivity contribution is 0.114. The predicted octanol–water partition coefficient (Wildman–Crippen LogP) is 2.52. The molecule has 5 nitrogen and oxygen atoms in total. The van der Waals surface area contributed by atoms with Crippen molar-refractivity contribution in [2.45, 2.75) is 31.6 Å². The Morgan fingerprint density at radius 2 is 2.43 bits per heavy atom. The molecule has 7 heteroatoms. The average Bonchev–Trinajstić information content (AvgIpc) is 3.04. The normalized spacial score (nSPS) is 17.5. The molecule has 0 spiro atoms. The van der Waals surface area contributed by atoms with Gasteiger partial charge < -0.3 is 15.0 Å². The summed E-state index contributed by atoms with van der Waals surface area (Å²) >= 11 is 6.91. The van der Waals surface area contributed by atoms with E-state index in [-0.39, 0.29) is 11.7 Å². The number of ether oxygens (including phenoxy) is 1. The van der Waals surface area contributed by atoms with Crippen molar-refractivity contribution in [1.29, 1.82) is 0 Å². The smallest absolute Gasteiger partial charge is 0.258 e. The molecule has 0 aliphatic carbocycles. The van der Waals surface area contributed by atoms with Gasteiger partial charge in [-0.1, -0.05) is 30.0 Å². The number of hydrogen-bond acceptors (Lipinski definition) is 5. The van der Waals surface area contributed by atoms with E-state index in [9.17, 15) is 4.79 Å². The van der Waals surface area contributed by atoms with Crippen LogP contribution in [0.3, 0.4) is 0 Å². The zero-order valence-corrected chi connectivity index (χ0v) is 14.6. The lowest BCUT2D eigenvalue weighted by atomic mass is 10.2. The van der Waals surface area contributed by atoms with Crippen LogP contribution in [0.2, 0.25) is 0 Å². The van der Waals surface area contributed by atoms with Gasteiger partial charge in [-0.25, -0.2) is 4.98 Å². The number of nitrogens with zero attached hydrogens (tertiary/aromatic N) is 1. The van der Waals surface area contributed by atoms with E-state index in [0.29, 0.717) is 11.2 Å². The van der Waals surface area contributed by atoms with E-state index in [4.69, 9.17) is 17.0 Å². The highest BCUT2D eigenvalue weighted by atomic mass is 32.2. The predicted molar refractivity (Wildman–Crippen MR) is 98.0 cm³/mol. The summed E-state index contributed by atoms with van der Waals surface area (Å²) in [6.45, 7) is 3.40. The lowest BCUT2D eigenvalue weighted by Crippen LogP contribution is -2.28. The second kappa shape index (κ2) is 7.42. The van der Waals surface area contributed by atoms with Crippen LogP contribution in [0, 0.1) is 6.92 Å². The van der Waals surface area contributed by atoms with Crippen molar-refractivity contribution >= 4 is 39.2 Å². The van der Waals surface area contributed by atoms with E-state index in [1.54, 1.807) is 18.7 Å². The number of hydrogen-bond donors (Lipinski definition) is 2. The zero-order valence-electron chi connectivity index (χ0n) is 12.9. The van der Waals surface area contributed by atoms with Crippen molar-refractivity contribution in [1.82, 2.24) is 15.3 Å². The van der Waals surface area contributed by atoms with E-state index in [1.807, 2.05) is 18.2 Å². The van der Waals surface area contributed by atoms with Crippen molar-refractivity contribution < 1.29 is 4.74 Å². The topological polar surface area (TPSA) is 67.0 Å². The fourth-order valence-electron chi connectivity index (χ4n) is 2.60. The first-order valence-electron chi connectivity index (χ1n) is 7.63. The molecule has 1 aromatic carbocycles. The van der Waals surface area contributed by atoms with Crippen LogP contribution in [0.15, 0.2) is 23.0 Å². The molecule has 1 aliphatic heterocycles. The number of aromatic nitrogens is 2. The number of nitrogens with one attached hydrogen (secondary N) is 2. The monoisotopic (exact) mass is 349 g/mol. The molecule has 122 valence electrons. The van der Waals surface area contributed by atoms with Crippen LogP contribution < -0.4 is 10.9 Å². The largest absolute Gasteiger partial charge is 0.376 e. The number of benzene rings is 1. The molecule has 2 aromatic rings. The SMILES string of the molecule is Cc1nc2ccc(CSC(=S)NCC3CCCO3)cc2c(=O)[nH]1. The van der Waals surface area contributed by atoms with Gasteiger partial charge in [-0.05, 0) is 37.5 Å². The Kier molecular flexibility index (Phi) is 5.30. The summed E-state index contributed by atoms with van der Waals surface area (Å²) in [5.74, 6) is 1.35. The van der Waals surface area contributed by atoms with Gasteiger partial charge in [0.25, 0.3) is 5.56 Å². The van der Waals surface area contributed by atoms with Gasteiger partial charge in [-0.3, -0.25) is 4.79 Å². The molecule has 1 saturated heterocycles. The summed E-state index contributed by atoms with van der Waals surface area (Å²) in [4.78, 5) is 19.0. The Morgan fingerprint density at radius 1 is 1.57 bits per heavy atom. The van der Waals surface area contributed by atoms with Crippen LogP contribution in [0.1, 0.15) is 24.2 Å². The van der Waals surface area contributed by atoms with Gasteiger partial charge >= 0.3 is 0 Å². The maximum atomic E-state index is 12.0. The second-order valence-corrected chi connectivity index (χ2v) is 7.25. The fraction of sp³-hybridized carbons (Fsp3) is 0.438. The molecular formula is C16H19N3O2S2. The zero-order chi connectivity index (χ0) is 16.2. The molecule has 2 N–H and O–H groups in total. The van der Waals surface area contributed by atoms with Gasteiger partial charge in [-0.15, -0.1) is 0 Å². The van der Waals surface area contributed by atoms with Crippen molar-refractivity contribution in [3.05, 3.63) is 39.9 Å². The molecule has 0 radical (unpaired) electrons. The van der Waals surface area contributed by atoms with E-state index >= 15 is 0 Å². The van der Waals surface area contributed by atoms with Crippen molar-refractivity contribution in [2.75, 3.05) is 13.2 Å². The fourth-order valence-corrected chi connectivity index (χ4v) is 3.52. The number of aromatic amines is 1. The van der Waals surface area contributed by atoms with Crippen LogP contribution in [-0.4, -0.2) is 33.5 Å². The molecule has 3 rings (SSSR count). The minimum absolute atomic E-state index is 0.0987. The molecule has 1 aliphatic rings. The summed E-state index contributed by atoms with van der Waals surface area (Å²) in [6, 6.07) is 5.76. The molecule has 0 amide bonds. The molecule has 1 unspecified atom stereocenters. The maximum absolute atomic E-state index is 12.0. The van der Waals surface area contributed by atoms with Crippen molar-refractivity contribution in [3.8, 4) is 0 Å². The van der Waals surface area contributed by atoms with E-state index in [0.717, 1.165) is 47.1 Å². The average molecular weight is 349 g/mol. The minimum atomic E-state index is -0.0987. The van der Waals surface area contributed by atoms with Gasteiger partial charge in [0.1, 0.15) is 10.1 Å². The molecule has 2 heterocycles. The van der Waals surface area contributed by atoms with Gasteiger partial charge in [-0.2, -0.15) is 0 Å². The summed E-state index contributed by atoms with van der Waals surface area (Å²) < 4.78 is 6.32. The van der Waals surface area contributed by atoms with Crippen LogP contribution in [0.5, 0.6) is 0 Å². The highest BCUT2D eigenvalue weighted by molar-refractivity contribution is 8.22. The Bertz CT molecular complexity index is 769. The minimum Gasteiger partial charge on any atom is -0.376 e. The van der Waals surface area contributed by atoms with Crippen LogP contribution in [-0.2, 0) is 10.5 Å². The molecule has 0 bridgehead atoms. The number of aryl methyl sites for hydroxylation is 1. The first-order valence-corrected chi connectivity index (χ1v) is 9.03. The Morgan fingerprint density at radius 3 is 3.22 bits per heavy atom. The van der Waals surface area contributed by atoms with Gasteiger partial charge in [0.15, 0.2) is 0 Å². The summed E-state index contributed by atoms with van der Waals surface area (Å²) in [5.41, 5.74) is 1.68. The van der Waals surface area contributed by atoms with Crippen LogP contribution >= 0.6 is 24.0 Å². The van der Waals surface area contributed by atoms with Gasteiger partial charge in [0, 0.05) is 18.9 Å². The molecule has 23 heavy (non-hydrogen) atoms. The van der Waals surface area contributed by atoms with Gasteiger partial charge in [0.05, 0.1) is 17.0 Å². The number of fused-ring (bicyclic) bond motifs is 1. The second-order valence-electron chi connectivity index (χ2n) is 5.59. The maximum Gasteiger partial charge on any atom is 0.258 e. The summed E-state index contributed by atoms with van der Waals surface area (Å²) in [7, 11) is 0.